The summed E-state index contributed by atoms with van der Waals surface area (Å²) in [5.74, 6) is 1.56. The van der Waals surface area contributed by atoms with Gasteiger partial charge in [0, 0.05) is 7.05 Å². The summed E-state index contributed by atoms with van der Waals surface area (Å²) in [6.07, 6.45) is 3.32. The van der Waals surface area contributed by atoms with Crippen LogP contribution in [0.2, 0.25) is 0 Å². The van der Waals surface area contributed by atoms with E-state index in [4.69, 9.17) is 4.42 Å². The Kier molecular flexibility index (Phi) is 1.69. The molecule has 2 aromatic heterocycles. The Morgan fingerprint density at radius 1 is 1.58 bits per heavy atom. The van der Waals surface area contributed by atoms with Gasteiger partial charge in [0.2, 0.25) is 0 Å². The third kappa shape index (κ3) is 1.04. The van der Waals surface area contributed by atoms with E-state index in [0.717, 1.165) is 16.6 Å². The highest BCUT2D eigenvalue weighted by atomic mass is 32.1. The minimum absolute atomic E-state index is 0.762. The van der Waals surface area contributed by atoms with Crippen molar-refractivity contribution < 1.29 is 4.42 Å². The van der Waals surface area contributed by atoms with E-state index >= 15 is 0 Å². The first kappa shape index (κ1) is 7.49. The lowest BCUT2D eigenvalue weighted by molar-refractivity contribution is 0.572. The van der Waals surface area contributed by atoms with E-state index in [1.165, 1.54) is 0 Å². The van der Waals surface area contributed by atoms with Gasteiger partial charge in [0.1, 0.15) is 0 Å². The molecule has 0 bridgehead atoms. The predicted octanol–water partition coefficient (Wildman–Crippen LogP) is 1.97. The summed E-state index contributed by atoms with van der Waals surface area (Å²) < 4.78 is 7.06. The number of thiol groups is 1. The Bertz CT molecular complexity index is 378. The second-order valence-electron chi connectivity index (χ2n) is 2.48. The van der Waals surface area contributed by atoms with Crippen LogP contribution in [0, 0.1) is 0 Å². The molecule has 0 aliphatic rings. The van der Waals surface area contributed by atoms with E-state index < -0.39 is 0 Å². The van der Waals surface area contributed by atoms with Crippen molar-refractivity contribution in [3.63, 3.8) is 0 Å². The highest BCUT2D eigenvalue weighted by Gasteiger charge is 2.07. The van der Waals surface area contributed by atoms with E-state index in [2.05, 4.69) is 17.6 Å². The summed E-state index contributed by atoms with van der Waals surface area (Å²) in [5.41, 5.74) is 0. The fourth-order valence-corrected chi connectivity index (χ4v) is 1.19. The monoisotopic (exact) mass is 180 g/mol. The predicted molar refractivity (Wildman–Crippen MR) is 48.2 cm³/mol. The van der Waals surface area contributed by atoms with E-state index in [1.807, 2.05) is 23.7 Å². The van der Waals surface area contributed by atoms with Crippen molar-refractivity contribution in [1.29, 1.82) is 0 Å². The van der Waals surface area contributed by atoms with Crippen LogP contribution in [0.4, 0.5) is 0 Å². The van der Waals surface area contributed by atoms with Crippen molar-refractivity contribution in [3.05, 3.63) is 24.6 Å². The van der Waals surface area contributed by atoms with Gasteiger partial charge < -0.3 is 8.98 Å². The average molecular weight is 180 g/mol. The smallest absolute Gasteiger partial charge is 0.176 e. The largest absolute Gasteiger partial charge is 0.461 e. The van der Waals surface area contributed by atoms with Gasteiger partial charge in [-0.1, -0.05) is 0 Å². The normalized spacial score (nSPS) is 10.5. The van der Waals surface area contributed by atoms with Crippen LogP contribution in [-0.4, -0.2) is 9.55 Å². The Hall–Kier alpha value is -1.16. The summed E-state index contributed by atoms with van der Waals surface area (Å²) in [6.45, 7) is 0. The summed E-state index contributed by atoms with van der Waals surface area (Å²) in [6, 6.07) is 3.71. The Balaban J connectivity index is 2.55. The molecule has 3 nitrogen and oxygen atoms in total. The standard InChI is InChI=1S/C8H8N2OS/c1-10-7(12)5-9-8(10)6-3-2-4-11-6/h2-5,12H,1H3. The maximum absolute atomic E-state index is 5.20. The van der Waals surface area contributed by atoms with Crippen molar-refractivity contribution in [2.45, 2.75) is 5.03 Å². The van der Waals surface area contributed by atoms with Crippen molar-refractivity contribution in [3.8, 4) is 11.6 Å². The molecular weight excluding hydrogens is 172 g/mol. The van der Waals surface area contributed by atoms with Gasteiger partial charge in [0.05, 0.1) is 17.5 Å². The third-order valence-electron chi connectivity index (χ3n) is 1.71. The number of imidazole rings is 1. The number of rotatable bonds is 1. The SMILES string of the molecule is Cn1c(S)cnc1-c1ccco1. The molecule has 0 aromatic carbocycles. The number of aromatic nitrogens is 2. The lowest BCUT2D eigenvalue weighted by Crippen LogP contribution is -1.91. The van der Waals surface area contributed by atoms with Crippen LogP contribution in [-0.2, 0) is 7.05 Å². The fourth-order valence-electron chi connectivity index (χ4n) is 1.04. The first-order valence-corrected chi connectivity index (χ1v) is 3.98. The van der Waals surface area contributed by atoms with Crippen molar-refractivity contribution >= 4 is 12.6 Å². The first-order valence-electron chi connectivity index (χ1n) is 3.53. The van der Waals surface area contributed by atoms with Crippen molar-refractivity contribution in [2.24, 2.45) is 7.05 Å². The van der Waals surface area contributed by atoms with E-state index in [1.54, 1.807) is 12.5 Å². The summed E-state index contributed by atoms with van der Waals surface area (Å²) in [4.78, 5) is 4.15. The number of furan rings is 1. The maximum Gasteiger partial charge on any atom is 0.176 e. The fraction of sp³-hybridized carbons (Fsp3) is 0.125. The molecule has 0 spiro atoms. The topological polar surface area (TPSA) is 31.0 Å². The number of hydrogen-bond donors (Lipinski definition) is 1. The lowest BCUT2D eigenvalue weighted by atomic mass is 10.4. The second kappa shape index (κ2) is 2.71. The molecule has 0 radical (unpaired) electrons. The van der Waals surface area contributed by atoms with Gasteiger partial charge >= 0.3 is 0 Å². The molecule has 0 fully saturated rings. The van der Waals surface area contributed by atoms with Gasteiger partial charge in [-0.2, -0.15) is 0 Å². The van der Waals surface area contributed by atoms with Gasteiger partial charge in [-0.3, -0.25) is 0 Å². The van der Waals surface area contributed by atoms with Crippen LogP contribution in [0.5, 0.6) is 0 Å². The quantitative estimate of drug-likeness (QED) is 0.680. The van der Waals surface area contributed by atoms with E-state index in [0.29, 0.717) is 0 Å². The van der Waals surface area contributed by atoms with Gasteiger partial charge in [-0.05, 0) is 12.1 Å². The van der Waals surface area contributed by atoms with Crippen LogP contribution in [0.25, 0.3) is 11.6 Å². The molecule has 2 heterocycles. The molecule has 2 aromatic rings. The van der Waals surface area contributed by atoms with Crippen molar-refractivity contribution in [1.82, 2.24) is 9.55 Å². The molecule has 0 N–H and O–H groups in total. The average Bonchev–Trinajstić information content (AvgIpc) is 2.64. The minimum atomic E-state index is 0.762. The first-order chi connectivity index (χ1) is 5.79. The lowest BCUT2D eigenvalue weighted by Gasteiger charge is -1.97. The zero-order chi connectivity index (χ0) is 8.55. The Labute approximate surface area is 75.4 Å². The molecular formula is C8H8N2OS. The van der Waals surface area contributed by atoms with Crippen LogP contribution in [0.15, 0.2) is 34.0 Å². The molecule has 12 heavy (non-hydrogen) atoms. The van der Waals surface area contributed by atoms with Gasteiger partial charge in [0.25, 0.3) is 0 Å². The number of nitrogens with zero attached hydrogens (tertiary/aromatic N) is 2. The van der Waals surface area contributed by atoms with E-state index in [-0.39, 0.29) is 0 Å². The maximum atomic E-state index is 5.20. The molecule has 0 saturated heterocycles. The molecule has 4 heteroatoms. The molecule has 0 atom stereocenters. The minimum Gasteiger partial charge on any atom is -0.461 e. The Morgan fingerprint density at radius 2 is 2.42 bits per heavy atom. The highest BCUT2D eigenvalue weighted by molar-refractivity contribution is 7.80. The number of hydrogen-bond acceptors (Lipinski definition) is 3. The van der Waals surface area contributed by atoms with Gasteiger partial charge in [-0.15, -0.1) is 12.6 Å². The van der Waals surface area contributed by atoms with Crippen LogP contribution in [0.1, 0.15) is 0 Å². The molecule has 0 saturated carbocycles. The molecule has 0 aliphatic heterocycles. The van der Waals surface area contributed by atoms with Crippen LogP contribution >= 0.6 is 12.6 Å². The molecule has 0 aliphatic carbocycles. The zero-order valence-electron chi connectivity index (χ0n) is 6.56. The Morgan fingerprint density at radius 3 is 2.92 bits per heavy atom. The van der Waals surface area contributed by atoms with Crippen molar-refractivity contribution in [2.75, 3.05) is 0 Å². The van der Waals surface area contributed by atoms with Crippen LogP contribution in [0.3, 0.4) is 0 Å². The summed E-state index contributed by atoms with van der Waals surface area (Å²) in [5, 5.41) is 0.821. The molecule has 2 rings (SSSR count). The zero-order valence-corrected chi connectivity index (χ0v) is 7.45. The third-order valence-corrected chi connectivity index (χ3v) is 2.12. The van der Waals surface area contributed by atoms with Gasteiger partial charge in [-0.25, -0.2) is 4.98 Å². The summed E-state index contributed by atoms with van der Waals surface area (Å²) >= 11 is 4.21. The van der Waals surface area contributed by atoms with Crippen LogP contribution < -0.4 is 0 Å². The molecule has 62 valence electrons. The van der Waals surface area contributed by atoms with Gasteiger partial charge in [0.15, 0.2) is 11.6 Å². The highest BCUT2D eigenvalue weighted by Crippen LogP contribution is 2.19. The molecule has 0 unspecified atom stereocenters. The summed E-state index contributed by atoms with van der Waals surface area (Å²) in [7, 11) is 1.90. The van der Waals surface area contributed by atoms with E-state index in [9.17, 15) is 0 Å². The molecule has 0 amide bonds. The second-order valence-corrected chi connectivity index (χ2v) is 2.93.